The smallest absolute Gasteiger partial charge is 0.338 e. The number of anilines is 2. The van der Waals surface area contributed by atoms with Gasteiger partial charge in [-0.2, -0.15) is 0 Å². The number of rotatable bonds is 4. The fourth-order valence-electron chi connectivity index (χ4n) is 1.87. The zero-order valence-electron chi connectivity index (χ0n) is 13.1. The van der Waals surface area contributed by atoms with Gasteiger partial charge in [0, 0.05) is 5.69 Å². The molecule has 0 aliphatic rings. The van der Waals surface area contributed by atoms with Crippen LogP contribution in [0.3, 0.4) is 0 Å². The Labute approximate surface area is 154 Å². The summed E-state index contributed by atoms with van der Waals surface area (Å²) in [7, 11) is 0. The van der Waals surface area contributed by atoms with E-state index in [1.807, 2.05) is 0 Å². The number of esters is 1. The van der Waals surface area contributed by atoms with Gasteiger partial charge in [-0.3, -0.25) is 9.59 Å². The number of nitrogens with one attached hydrogen (secondary N) is 2. The number of amides is 2. The summed E-state index contributed by atoms with van der Waals surface area (Å²) in [5.74, 6) is -2.26. The van der Waals surface area contributed by atoms with Gasteiger partial charge < -0.3 is 15.4 Å². The van der Waals surface area contributed by atoms with E-state index in [1.54, 1.807) is 19.1 Å². The summed E-state index contributed by atoms with van der Waals surface area (Å²) in [6, 6.07) is 10.6. The van der Waals surface area contributed by atoms with Crippen LogP contribution in [0.5, 0.6) is 0 Å². The van der Waals surface area contributed by atoms with Crippen LogP contribution >= 0.6 is 23.2 Å². The molecule has 0 aliphatic heterocycles. The molecule has 2 N–H and O–H groups in total. The first-order valence-electron chi connectivity index (χ1n) is 7.26. The van der Waals surface area contributed by atoms with Crippen molar-refractivity contribution >= 4 is 52.4 Å². The van der Waals surface area contributed by atoms with Crippen LogP contribution in [0.2, 0.25) is 10.0 Å². The molecule has 0 saturated heterocycles. The van der Waals surface area contributed by atoms with Crippen LogP contribution in [0.1, 0.15) is 17.3 Å². The van der Waals surface area contributed by atoms with E-state index in [0.29, 0.717) is 11.3 Å². The molecule has 2 amide bonds. The molecule has 0 bridgehead atoms. The van der Waals surface area contributed by atoms with Crippen molar-refractivity contribution < 1.29 is 19.1 Å². The van der Waals surface area contributed by atoms with E-state index < -0.39 is 17.8 Å². The molecule has 25 heavy (non-hydrogen) atoms. The minimum absolute atomic E-state index is 0.143. The Kier molecular flexibility index (Phi) is 6.38. The normalized spacial score (nSPS) is 10.0. The second-order valence-corrected chi connectivity index (χ2v) is 5.59. The van der Waals surface area contributed by atoms with Gasteiger partial charge in [0.15, 0.2) is 0 Å². The summed E-state index contributed by atoms with van der Waals surface area (Å²) >= 11 is 11.8. The molecule has 2 rings (SSSR count). The highest BCUT2D eigenvalue weighted by atomic mass is 35.5. The Bertz CT molecular complexity index is 807. The topological polar surface area (TPSA) is 84.5 Å². The van der Waals surface area contributed by atoms with Gasteiger partial charge in [-0.15, -0.1) is 0 Å². The van der Waals surface area contributed by atoms with Gasteiger partial charge in [0.25, 0.3) is 0 Å². The van der Waals surface area contributed by atoms with E-state index >= 15 is 0 Å². The van der Waals surface area contributed by atoms with Gasteiger partial charge in [0.05, 0.1) is 27.9 Å². The average molecular weight is 381 g/mol. The van der Waals surface area contributed by atoms with E-state index in [4.69, 9.17) is 27.9 Å². The van der Waals surface area contributed by atoms with Gasteiger partial charge in [0.1, 0.15) is 0 Å². The van der Waals surface area contributed by atoms with Crippen LogP contribution in [-0.2, 0) is 14.3 Å². The maximum atomic E-state index is 11.9. The minimum atomic E-state index is -0.904. The van der Waals surface area contributed by atoms with Crippen molar-refractivity contribution in [3.8, 4) is 0 Å². The highest BCUT2D eigenvalue weighted by Gasteiger charge is 2.16. The standard InChI is InChI=1S/C17H14Cl2N2O4/c1-2-25-17(24)10-6-8-11(9-7-10)20-15(22)16(23)21-13-5-3-4-12(18)14(13)19/h3-9H,2H2,1H3,(H,20,22)(H,21,23). The van der Waals surface area contributed by atoms with Gasteiger partial charge >= 0.3 is 17.8 Å². The molecule has 2 aromatic rings. The van der Waals surface area contributed by atoms with E-state index in [0.717, 1.165) is 0 Å². The van der Waals surface area contributed by atoms with Crippen molar-refractivity contribution in [1.29, 1.82) is 0 Å². The molecular weight excluding hydrogens is 367 g/mol. The Morgan fingerprint density at radius 1 is 0.960 bits per heavy atom. The maximum Gasteiger partial charge on any atom is 0.338 e. The van der Waals surface area contributed by atoms with E-state index in [2.05, 4.69) is 10.6 Å². The molecular formula is C17H14Cl2N2O4. The maximum absolute atomic E-state index is 11.9. The largest absolute Gasteiger partial charge is 0.462 e. The summed E-state index contributed by atoms with van der Waals surface area (Å²) in [6.45, 7) is 1.97. The van der Waals surface area contributed by atoms with Crippen LogP contribution in [0, 0.1) is 0 Å². The van der Waals surface area contributed by atoms with Gasteiger partial charge in [0.2, 0.25) is 0 Å². The number of carbonyl (C=O) groups excluding carboxylic acids is 3. The fourth-order valence-corrected chi connectivity index (χ4v) is 2.22. The lowest BCUT2D eigenvalue weighted by Gasteiger charge is -2.09. The quantitative estimate of drug-likeness (QED) is 0.624. The molecule has 130 valence electrons. The highest BCUT2D eigenvalue weighted by Crippen LogP contribution is 2.29. The average Bonchev–Trinajstić information content (AvgIpc) is 2.59. The lowest BCUT2D eigenvalue weighted by molar-refractivity contribution is -0.132. The van der Waals surface area contributed by atoms with Gasteiger partial charge in [-0.1, -0.05) is 29.3 Å². The predicted octanol–water partition coefficient (Wildman–Crippen LogP) is 3.75. The third-order valence-corrected chi connectivity index (χ3v) is 3.88. The van der Waals surface area contributed by atoms with E-state index in [-0.39, 0.29) is 22.3 Å². The van der Waals surface area contributed by atoms with Gasteiger partial charge in [-0.25, -0.2) is 4.79 Å². The van der Waals surface area contributed by atoms with Crippen LogP contribution in [0.25, 0.3) is 0 Å². The molecule has 2 aromatic carbocycles. The van der Waals surface area contributed by atoms with Crippen LogP contribution < -0.4 is 10.6 Å². The van der Waals surface area contributed by atoms with Crippen molar-refractivity contribution in [1.82, 2.24) is 0 Å². The van der Waals surface area contributed by atoms with Crippen molar-refractivity contribution in [2.45, 2.75) is 6.92 Å². The molecule has 8 heteroatoms. The van der Waals surface area contributed by atoms with Gasteiger partial charge in [-0.05, 0) is 43.3 Å². The lowest BCUT2D eigenvalue weighted by Crippen LogP contribution is -2.29. The van der Waals surface area contributed by atoms with Crippen molar-refractivity contribution in [3.63, 3.8) is 0 Å². The molecule has 0 atom stereocenters. The second-order valence-electron chi connectivity index (χ2n) is 4.81. The molecule has 0 aromatic heterocycles. The summed E-state index contributed by atoms with van der Waals surface area (Å²) < 4.78 is 4.86. The lowest BCUT2D eigenvalue weighted by atomic mass is 10.2. The van der Waals surface area contributed by atoms with Crippen LogP contribution in [0.4, 0.5) is 11.4 Å². The molecule has 0 aliphatic carbocycles. The van der Waals surface area contributed by atoms with Crippen molar-refractivity contribution in [3.05, 3.63) is 58.1 Å². The Morgan fingerprint density at radius 2 is 1.60 bits per heavy atom. The van der Waals surface area contributed by atoms with Crippen LogP contribution in [-0.4, -0.2) is 24.4 Å². The first-order valence-corrected chi connectivity index (χ1v) is 8.01. The molecule has 0 spiro atoms. The first-order chi connectivity index (χ1) is 11.9. The monoisotopic (exact) mass is 380 g/mol. The Morgan fingerprint density at radius 3 is 2.24 bits per heavy atom. The summed E-state index contributed by atoms with van der Waals surface area (Å²) in [5, 5.41) is 5.19. The second kappa shape index (κ2) is 8.50. The number of halogens is 2. The third-order valence-electron chi connectivity index (χ3n) is 3.06. The zero-order chi connectivity index (χ0) is 18.4. The van der Waals surface area contributed by atoms with Crippen molar-refractivity contribution in [2.75, 3.05) is 17.2 Å². The summed E-state index contributed by atoms with van der Waals surface area (Å²) in [5.41, 5.74) is 0.923. The number of hydrogen-bond donors (Lipinski definition) is 2. The number of benzene rings is 2. The molecule has 0 saturated carbocycles. The van der Waals surface area contributed by atoms with E-state index in [1.165, 1.54) is 30.3 Å². The predicted molar refractivity (Wildman–Crippen MR) is 96.1 cm³/mol. The Balaban J connectivity index is 2.00. The third kappa shape index (κ3) is 4.95. The Hall–Kier alpha value is -2.57. The number of hydrogen-bond acceptors (Lipinski definition) is 4. The number of ether oxygens (including phenoxy) is 1. The molecule has 6 nitrogen and oxygen atoms in total. The first kappa shape index (κ1) is 18.8. The molecule has 0 radical (unpaired) electrons. The SMILES string of the molecule is CCOC(=O)c1ccc(NC(=O)C(=O)Nc2cccc(Cl)c2Cl)cc1. The molecule has 0 heterocycles. The van der Waals surface area contributed by atoms with Crippen LogP contribution in [0.15, 0.2) is 42.5 Å². The molecule has 0 fully saturated rings. The summed E-state index contributed by atoms with van der Waals surface area (Å²) in [6.07, 6.45) is 0. The summed E-state index contributed by atoms with van der Waals surface area (Å²) in [4.78, 5) is 35.4. The minimum Gasteiger partial charge on any atom is -0.462 e. The zero-order valence-corrected chi connectivity index (χ0v) is 14.6. The number of carbonyl (C=O) groups is 3. The fraction of sp³-hybridized carbons (Fsp3) is 0.118. The van der Waals surface area contributed by atoms with E-state index in [9.17, 15) is 14.4 Å². The molecule has 0 unspecified atom stereocenters. The highest BCUT2D eigenvalue weighted by molar-refractivity contribution is 6.47. The van der Waals surface area contributed by atoms with Crippen molar-refractivity contribution in [2.24, 2.45) is 0 Å².